The van der Waals surface area contributed by atoms with Gasteiger partial charge in [-0.05, 0) is 37.3 Å². The van der Waals surface area contributed by atoms with Gasteiger partial charge in [0.2, 0.25) is 0 Å². The van der Waals surface area contributed by atoms with E-state index in [4.69, 9.17) is 4.74 Å². The third-order valence-electron chi connectivity index (χ3n) is 5.44. The number of carbonyl (C=O) groups is 1. The number of aromatic nitrogens is 4. The summed E-state index contributed by atoms with van der Waals surface area (Å²) in [6.07, 6.45) is 1.78. The predicted octanol–water partition coefficient (Wildman–Crippen LogP) is 3.48. The molecular formula is C23H23N5O2. The maximum Gasteiger partial charge on any atom is 0.270 e. The molecule has 0 aliphatic carbocycles. The summed E-state index contributed by atoms with van der Waals surface area (Å²) in [5.41, 5.74) is 4.45. The van der Waals surface area contributed by atoms with E-state index in [-0.39, 0.29) is 11.9 Å². The number of ether oxygens (including phenoxy) is 1. The molecule has 0 spiro atoms. The van der Waals surface area contributed by atoms with Crippen LogP contribution in [0.1, 0.15) is 33.6 Å². The zero-order valence-electron chi connectivity index (χ0n) is 16.8. The summed E-state index contributed by atoms with van der Waals surface area (Å²) in [5, 5.41) is 5.49. The molecule has 4 aromatic rings. The van der Waals surface area contributed by atoms with Crippen molar-refractivity contribution in [2.24, 2.45) is 0 Å². The third kappa shape index (κ3) is 3.59. The van der Waals surface area contributed by atoms with Crippen molar-refractivity contribution in [3.63, 3.8) is 0 Å². The number of aromatic amines is 1. The van der Waals surface area contributed by atoms with Gasteiger partial charge in [-0.15, -0.1) is 0 Å². The molecule has 0 unspecified atom stereocenters. The molecule has 0 bridgehead atoms. The first kappa shape index (κ1) is 18.6. The van der Waals surface area contributed by atoms with E-state index >= 15 is 0 Å². The van der Waals surface area contributed by atoms with Gasteiger partial charge < -0.3 is 14.6 Å². The molecule has 0 saturated carbocycles. The number of aryl methyl sites for hydroxylation is 1. The Labute approximate surface area is 174 Å². The molecule has 1 N–H and O–H groups in total. The van der Waals surface area contributed by atoms with E-state index < -0.39 is 0 Å². The number of nitrogens with one attached hydrogen (secondary N) is 1. The monoisotopic (exact) mass is 401 g/mol. The van der Waals surface area contributed by atoms with Crippen LogP contribution in [0, 0.1) is 6.92 Å². The topological polar surface area (TPSA) is 76.0 Å². The lowest BCUT2D eigenvalue weighted by Gasteiger charge is -2.33. The zero-order valence-corrected chi connectivity index (χ0v) is 16.8. The van der Waals surface area contributed by atoms with Gasteiger partial charge in [-0.3, -0.25) is 14.5 Å². The van der Waals surface area contributed by atoms with Gasteiger partial charge in [-0.1, -0.05) is 24.3 Å². The number of H-pyrrole nitrogens is 1. The molecule has 1 aliphatic heterocycles. The maximum atomic E-state index is 13.2. The number of pyridine rings is 1. The molecule has 1 aromatic carbocycles. The van der Waals surface area contributed by atoms with Gasteiger partial charge in [0, 0.05) is 29.3 Å². The normalized spacial score (nSPS) is 16.0. The van der Waals surface area contributed by atoms with Crippen LogP contribution in [0.25, 0.3) is 10.9 Å². The molecule has 1 atom stereocenters. The van der Waals surface area contributed by atoms with Crippen LogP contribution in [0.15, 0.2) is 60.8 Å². The molecule has 7 heteroatoms. The van der Waals surface area contributed by atoms with E-state index in [0.717, 1.165) is 28.0 Å². The van der Waals surface area contributed by atoms with Gasteiger partial charge in [-0.2, -0.15) is 5.10 Å². The summed E-state index contributed by atoms with van der Waals surface area (Å²) in [6, 6.07) is 17.7. The minimum atomic E-state index is -0.0399. The Morgan fingerprint density at radius 3 is 2.97 bits per heavy atom. The van der Waals surface area contributed by atoms with E-state index in [1.165, 1.54) is 0 Å². The van der Waals surface area contributed by atoms with Gasteiger partial charge in [0.05, 0.1) is 37.2 Å². The van der Waals surface area contributed by atoms with E-state index in [1.54, 1.807) is 6.20 Å². The van der Waals surface area contributed by atoms with Crippen LogP contribution < -0.4 is 0 Å². The molecule has 5 rings (SSSR count). The predicted molar refractivity (Wildman–Crippen MR) is 113 cm³/mol. The van der Waals surface area contributed by atoms with E-state index in [2.05, 4.69) is 15.1 Å². The molecule has 152 valence electrons. The highest BCUT2D eigenvalue weighted by molar-refractivity contribution is 5.98. The highest BCUT2D eigenvalue weighted by Gasteiger charge is 2.30. The summed E-state index contributed by atoms with van der Waals surface area (Å²) in [4.78, 5) is 22.8. The molecular weight excluding hydrogens is 378 g/mol. The summed E-state index contributed by atoms with van der Waals surface area (Å²) in [7, 11) is 0. The molecule has 30 heavy (non-hydrogen) atoms. The van der Waals surface area contributed by atoms with Crippen molar-refractivity contribution < 1.29 is 9.53 Å². The second kappa shape index (κ2) is 7.76. The van der Waals surface area contributed by atoms with Gasteiger partial charge in [-0.25, -0.2) is 0 Å². The fraction of sp³-hybridized carbons (Fsp3) is 0.261. The van der Waals surface area contributed by atoms with Crippen molar-refractivity contribution in [2.45, 2.75) is 26.1 Å². The quantitative estimate of drug-likeness (QED) is 0.555. The number of carbonyl (C=O) groups excluding carboxylic acids is 1. The van der Waals surface area contributed by atoms with Crippen LogP contribution >= 0.6 is 0 Å². The number of rotatable bonds is 5. The Bertz CT molecular complexity index is 1160. The Morgan fingerprint density at radius 2 is 2.10 bits per heavy atom. The van der Waals surface area contributed by atoms with Crippen LogP contribution in [-0.2, 0) is 17.9 Å². The van der Waals surface area contributed by atoms with Crippen LogP contribution in [-0.4, -0.2) is 43.7 Å². The smallest absolute Gasteiger partial charge is 0.270 e. The number of benzene rings is 1. The van der Waals surface area contributed by atoms with Crippen LogP contribution in [0.5, 0.6) is 0 Å². The van der Waals surface area contributed by atoms with Crippen molar-refractivity contribution in [1.29, 1.82) is 0 Å². The lowest BCUT2D eigenvalue weighted by Crippen LogP contribution is -2.42. The number of para-hydroxylation sites is 1. The van der Waals surface area contributed by atoms with Crippen molar-refractivity contribution in [3.05, 3.63) is 83.6 Å². The first-order valence-electron chi connectivity index (χ1n) is 10.1. The average Bonchev–Trinajstić information content (AvgIpc) is 3.40. The summed E-state index contributed by atoms with van der Waals surface area (Å²) in [5.74, 6) is -0.0102. The first-order chi connectivity index (χ1) is 14.7. The molecule has 1 amide bonds. The Kier molecular flexibility index (Phi) is 4.80. The molecule has 3 aromatic heterocycles. The number of nitrogens with zero attached hydrogens (tertiary/aromatic N) is 4. The fourth-order valence-electron chi connectivity index (χ4n) is 4.00. The number of fused-ring (bicyclic) bond motifs is 2. The van der Waals surface area contributed by atoms with Gasteiger partial charge in [0.25, 0.3) is 5.91 Å². The summed E-state index contributed by atoms with van der Waals surface area (Å²) < 4.78 is 7.92. The highest BCUT2D eigenvalue weighted by Crippen LogP contribution is 2.24. The Balaban J connectivity index is 1.31. The highest BCUT2D eigenvalue weighted by atomic mass is 16.5. The molecule has 7 nitrogen and oxygen atoms in total. The first-order valence-corrected chi connectivity index (χ1v) is 10.1. The molecule has 0 radical (unpaired) electrons. The summed E-state index contributed by atoms with van der Waals surface area (Å²) >= 11 is 0. The molecule has 4 heterocycles. The SMILES string of the molecule is Cc1cccc(COC[C@@H]2CN(C(=O)c3cc4ccccc4[nH]3)Cc3ccnn32)n1. The average molecular weight is 401 g/mol. The largest absolute Gasteiger partial charge is 0.373 e. The van der Waals surface area contributed by atoms with Crippen LogP contribution in [0.4, 0.5) is 0 Å². The number of hydrogen-bond acceptors (Lipinski definition) is 4. The molecule has 0 fully saturated rings. The second-order valence-corrected chi connectivity index (χ2v) is 7.66. The third-order valence-corrected chi connectivity index (χ3v) is 5.44. The van der Waals surface area contributed by atoms with Gasteiger partial charge in [0.1, 0.15) is 5.69 Å². The van der Waals surface area contributed by atoms with Crippen LogP contribution in [0.3, 0.4) is 0 Å². The van der Waals surface area contributed by atoms with Gasteiger partial charge >= 0.3 is 0 Å². The van der Waals surface area contributed by atoms with E-state index in [9.17, 15) is 4.79 Å². The van der Waals surface area contributed by atoms with E-state index in [1.807, 2.05) is 71.1 Å². The van der Waals surface area contributed by atoms with Gasteiger partial charge in [0.15, 0.2) is 0 Å². The standard InChI is InChI=1S/C23H23N5O2/c1-16-5-4-7-18(25-16)14-30-15-20-13-27(12-19-9-10-24-28(19)20)23(29)22-11-17-6-2-3-8-21(17)26-22/h2-11,20,26H,12-15H2,1H3/t20-/m0/s1. The Morgan fingerprint density at radius 1 is 1.20 bits per heavy atom. The van der Waals surface area contributed by atoms with Crippen LogP contribution in [0.2, 0.25) is 0 Å². The van der Waals surface area contributed by atoms with E-state index in [0.29, 0.717) is 32.0 Å². The number of amides is 1. The minimum Gasteiger partial charge on any atom is -0.373 e. The van der Waals surface area contributed by atoms with Crippen molar-refractivity contribution in [2.75, 3.05) is 13.2 Å². The molecule has 1 aliphatic rings. The maximum absolute atomic E-state index is 13.2. The minimum absolute atomic E-state index is 0.0102. The van der Waals surface area contributed by atoms with Crippen molar-refractivity contribution in [3.8, 4) is 0 Å². The fourth-order valence-corrected chi connectivity index (χ4v) is 4.00. The molecule has 0 saturated heterocycles. The lowest BCUT2D eigenvalue weighted by molar-refractivity contribution is 0.0437. The Hall–Kier alpha value is -3.45. The zero-order chi connectivity index (χ0) is 20.5. The summed E-state index contributed by atoms with van der Waals surface area (Å²) in [6.45, 7) is 3.94. The number of hydrogen-bond donors (Lipinski definition) is 1. The lowest BCUT2D eigenvalue weighted by atomic mass is 10.2. The van der Waals surface area contributed by atoms with Crippen molar-refractivity contribution >= 4 is 16.8 Å². The van der Waals surface area contributed by atoms with Crippen molar-refractivity contribution in [1.82, 2.24) is 24.6 Å². The second-order valence-electron chi connectivity index (χ2n) is 7.66.